The molecule has 0 fully saturated rings. The first-order valence-corrected chi connectivity index (χ1v) is 8.65. The molecule has 6 nitrogen and oxygen atoms in total. The standard InChI is InChI=1S/C20H17F3N2O4/c1-2-27-19(26)17-12-25(15-8-10-16(11-9-15)29-20(21,22)23)24-18(17)28-13-14-6-4-3-5-7-14/h3-12H,2,13H2,1H3. The topological polar surface area (TPSA) is 62.6 Å². The van der Waals surface area contributed by atoms with Gasteiger partial charge in [-0.1, -0.05) is 30.3 Å². The third-order valence-corrected chi connectivity index (χ3v) is 3.73. The minimum atomic E-state index is -4.78. The van der Waals surface area contributed by atoms with Crippen molar-refractivity contribution in [1.82, 2.24) is 9.78 Å². The van der Waals surface area contributed by atoms with E-state index in [0.29, 0.717) is 5.69 Å². The Morgan fingerprint density at radius 2 is 1.76 bits per heavy atom. The van der Waals surface area contributed by atoms with Crippen LogP contribution < -0.4 is 9.47 Å². The quantitative estimate of drug-likeness (QED) is 0.540. The van der Waals surface area contributed by atoms with Gasteiger partial charge in [-0.05, 0) is 36.8 Å². The number of hydrogen-bond donors (Lipinski definition) is 0. The molecule has 3 aromatic rings. The molecular formula is C20H17F3N2O4. The van der Waals surface area contributed by atoms with Gasteiger partial charge in [-0.15, -0.1) is 18.3 Å². The van der Waals surface area contributed by atoms with Crippen molar-refractivity contribution in [3.63, 3.8) is 0 Å². The molecule has 0 bridgehead atoms. The SMILES string of the molecule is CCOC(=O)c1cn(-c2ccc(OC(F)(F)F)cc2)nc1OCc1ccccc1. The summed E-state index contributed by atoms with van der Waals surface area (Å²) in [6, 6.07) is 14.4. The highest BCUT2D eigenvalue weighted by Gasteiger charge is 2.31. The van der Waals surface area contributed by atoms with Gasteiger partial charge in [-0.2, -0.15) is 0 Å². The van der Waals surface area contributed by atoms with Gasteiger partial charge in [0.15, 0.2) is 0 Å². The maximum atomic E-state index is 12.3. The van der Waals surface area contributed by atoms with E-state index in [4.69, 9.17) is 9.47 Å². The molecule has 1 aromatic heterocycles. The van der Waals surface area contributed by atoms with Crippen molar-refractivity contribution in [3.8, 4) is 17.3 Å². The van der Waals surface area contributed by atoms with Crippen LogP contribution in [0.3, 0.4) is 0 Å². The van der Waals surface area contributed by atoms with Gasteiger partial charge >= 0.3 is 12.3 Å². The van der Waals surface area contributed by atoms with E-state index in [1.807, 2.05) is 30.3 Å². The van der Waals surface area contributed by atoms with Gasteiger partial charge in [0.05, 0.1) is 12.3 Å². The Bertz CT molecular complexity index is 954. The number of esters is 1. The smallest absolute Gasteiger partial charge is 0.471 e. The zero-order chi connectivity index (χ0) is 20.9. The van der Waals surface area contributed by atoms with Crippen LogP contribution in [0.5, 0.6) is 11.6 Å². The molecule has 0 unspecified atom stereocenters. The number of hydrogen-bond acceptors (Lipinski definition) is 5. The highest BCUT2D eigenvalue weighted by Crippen LogP contribution is 2.25. The summed E-state index contributed by atoms with van der Waals surface area (Å²) in [4.78, 5) is 12.2. The monoisotopic (exact) mass is 406 g/mol. The second-order valence-electron chi connectivity index (χ2n) is 5.83. The summed E-state index contributed by atoms with van der Waals surface area (Å²) in [7, 11) is 0. The van der Waals surface area contributed by atoms with Crippen molar-refractivity contribution in [2.24, 2.45) is 0 Å². The molecule has 0 aliphatic heterocycles. The van der Waals surface area contributed by atoms with Gasteiger partial charge in [-0.3, -0.25) is 0 Å². The highest BCUT2D eigenvalue weighted by molar-refractivity contribution is 5.91. The largest absolute Gasteiger partial charge is 0.573 e. The lowest BCUT2D eigenvalue weighted by atomic mass is 10.2. The lowest BCUT2D eigenvalue weighted by molar-refractivity contribution is -0.274. The third-order valence-electron chi connectivity index (χ3n) is 3.73. The fourth-order valence-corrected chi connectivity index (χ4v) is 2.47. The van der Waals surface area contributed by atoms with E-state index in [9.17, 15) is 18.0 Å². The van der Waals surface area contributed by atoms with Gasteiger partial charge in [0.25, 0.3) is 0 Å². The molecule has 0 aliphatic rings. The van der Waals surface area contributed by atoms with Gasteiger partial charge in [0, 0.05) is 6.20 Å². The summed E-state index contributed by atoms with van der Waals surface area (Å²) < 4.78 is 52.8. The minimum Gasteiger partial charge on any atom is -0.471 e. The number of carbonyl (C=O) groups is 1. The van der Waals surface area contributed by atoms with Crippen molar-refractivity contribution in [2.75, 3.05) is 6.61 Å². The van der Waals surface area contributed by atoms with E-state index in [-0.39, 0.29) is 30.4 Å². The fourth-order valence-electron chi connectivity index (χ4n) is 2.47. The van der Waals surface area contributed by atoms with Crippen LogP contribution in [-0.4, -0.2) is 28.7 Å². The average Bonchev–Trinajstić information content (AvgIpc) is 3.11. The van der Waals surface area contributed by atoms with Gasteiger partial charge in [-0.25, -0.2) is 9.48 Å². The Morgan fingerprint density at radius 3 is 2.38 bits per heavy atom. The summed E-state index contributed by atoms with van der Waals surface area (Å²) in [6.45, 7) is 2.03. The first-order chi connectivity index (χ1) is 13.9. The number of carbonyl (C=O) groups excluding carboxylic acids is 1. The Labute approximate surface area is 164 Å². The highest BCUT2D eigenvalue weighted by atomic mass is 19.4. The molecule has 3 rings (SSSR count). The molecular weight excluding hydrogens is 389 g/mol. The molecule has 0 aliphatic carbocycles. The minimum absolute atomic E-state index is 0.0583. The Kier molecular flexibility index (Phi) is 6.06. The van der Waals surface area contributed by atoms with Gasteiger partial charge in [0.1, 0.15) is 17.9 Å². The van der Waals surface area contributed by atoms with Crippen LogP contribution in [-0.2, 0) is 11.3 Å². The van der Waals surface area contributed by atoms with E-state index in [0.717, 1.165) is 17.7 Å². The van der Waals surface area contributed by atoms with Crippen molar-refractivity contribution in [3.05, 3.63) is 71.9 Å². The predicted octanol–water partition coefficient (Wildman–Crippen LogP) is 4.53. The van der Waals surface area contributed by atoms with Crippen LogP contribution in [0.4, 0.5) is 13.2 Å². The number of alkyl halides is 3. The second kappa shape index (κ2) is 8.68. The fraction of sp³-hybridized carbons (Fsp3) is 0.200. The van der Waals surface area contributed by atoms with Crippen LogP contribution >= 0.6 is 0 Å². The number of benzene rings is 2. The molecule has 152 valence electrons. The average molecular weight is 406 g/mol. The number of rotatable bonds is 7. The number of halogens is 3. The van der Waals surface area contributed by atoms with Crippen molar-refractivity contribution in [2.45, 2.75) is 19.9 Å². The zero-order valence-corrected chi connectivity index (χ0v) is 15.3. The van der Waals surface area contributed by atoms with Gasteiger partial charge in [0.2, 0.25) is 5.88 Å². The number of aromatic nitrogens is 2. The van der Waals surface area contributed by atoms with Crippen molar-refractivity contribution < 1.29 is 32.2 Å². The summed E-state index contributed by atoms with van der Waals surface area (Å²) in [5, 5.41) is 4.23. The van der Waals surface area contributed by atoms with Crippen LogP contribution in [0.2, 0.25) is 0 Å². The lowest BCUT2D eigenvalue weighted by Crippen LogP contribution is -2.17. The molecule has 0 N–H and O–H groups in total. The van der Waals surface area contributed by atoms with E-state index < -0.39 is 12.3 Å². The Balaban J connectivity index is 1.84. The third kappa shape index (κ3) is 5.50. The summed E-state index contributed by atoms with van der Waals surface area (Å²) in [5.41, 5.74) is 1.41. The molecule has 0 amide bonds. The van der Waals surface area contributed by atoms with E-state index >= 15 is 0 Å². The Hall–Kier alpha value is -3.49. The second-order valence-corrected chi connectivity index (χ2v) is 5.83. The number of nitrogens with zero attached hydrogens (tertiary/aromatic N) is 2. The molecule has 9 heteroatoms. The van der Waals surface area contributed by atoms with Crippen LogP contribution in [0.25, 0.3) is 5.69 Å². The molecule has 0 atom stereocenters. The maximum absolute atomic E-state index is 12.3. The van der Waals surface area contributed by atoms with Crippen molar-refractivity contribution >= 4 is 5.97 Å². The molecule has 0 radical (unpaired) electrons. The predicted molar refractivity (Wildman–Crippen MR) is 97.0 cm³/mol. The van der Waals surface area contributed by atoms with Crippen LogP contribution in [0, 0.1) is 0 Å². The van der Waals surface area contributed by atoms with Crippen LogP contribution in [0.1, 0.15) is 22.8 Å². The Morgan fingerprint density at radius 1 is 1.07 bits per heavy atom. The van der Waals surface area contributed by atoms with E-state index in [1.54, 1.807) is 6.92 Å². The molecule has 29 heavy (non-hydrogen) atoms. The maximum Gasteiger partial charge on any atom is 0.573 e. The molecule has 0 saturated heterocycles. The molecule has 0 spiro atoms. The summed E-state index contributed by atoms with van der Waals surface area (Å²) in [6.07, 6.45) is -3.37. The van der Waals surface area contributed by atoms with Crippen molar-refractivity contribution in [1.29, 1.82) is 0 Å². The molecule has 2 aromatic carbocycles. The molecule has 1 heterocycles. The zero-order valence-electron chi connectivity index (χ0n) is 15.3. The number of ether oxygens (including phenoxy) is 3. The lowest BCUT2D eigenvalue weighted by Gasteiger charge is -2.09. The first kappa shape index (κ1) is 20.2. The summed E-state index contributed by atoms with van der Waals surface area (Å²) >= 11 is 0. The first-order valence-electron chi connectivity index (χ1n) is 8.65. The van der Waals surface area contributed by atoms with E-state index in [2.05, 4.69) is 9.84 Å². The van der Waals surface area contributed by atoms with E-state index in [1.165, 1.54) is 23.0 Å². The normalized spacial score (nSPS) is 11.2. The summed E-state index contributed by atoms with van der Waals surface area (Å²) in [5.74, 6) is -0.915. The van der Waals surface area contributed by atoms with Crippen LogP contribution in [0.15, 0.2) is 60.8 Å². The van der Waals surface area contributed by atoms with Gasteiger partial charge < -0.3 is 14.2 Å². The molecule has 0 saturated carbocycles.